The molecule has 0 aromatic heterocycles. The first-order valence-electron chi connectivity index (χ1n) is 6.15. The van der Waals surface area contributed by atoms with Crippen molar-refractivity contribution < 1.29 is 73.6 Å². The van der Waals surface area contributed by atoms with Crippen LogP contribution >= 0.6 is 11.8 Å². The van der Waals surface area contributed by atoms with Gasteiger partial charge in [0.25, 0.3) is 0 Å². The minimum atomic E-state index is 0. The summed E-state index contributed by atoms with van der Waals surface area (Å²) in [5, 5.41) is 0. The molecular formula is C14H20CsNOS. The molecule has 0 aliphatic carbocycles. The van der Waals surface area contributed by atoms with Crippen molar-refractivity contribution >= 4 is 17.4 Å². The van der Waals surface area contributed by atoms with Gasteiger partial charge in [-0.15, -0.1) is 5.92 Å². The molecular weight excluding hydrogens is 363 g/mol. The minimum absolute atomic E-state index is 0. The molecule has 1 unspecified atom stereocenters. The van der Waals surface area contributed by atoms with E-state index in [-0.39, 0.29) is 74.3 Å². The maximum atomic E-state index is 5.62. The zero-order valence-corrected chi connectivity index (χ0v) is 18.8. The molecule has 4 heteroatoms. The summed E-state index contributed by atoms with van der Waals surface area (Å²) in [4.78, 5) is 3.53. The maximum Gasteiger partial charge on any atom is 1.00 e. The number of nitrogens with zero attached hydrogens (tertiary/aromatic N) is 1. The molecule has 1 saturated heterocycles. The standard InChI is InChI=1S/C14H20NOS.Cs/c1-4-15(3)12-6-5-7-13(9-12)17-14-8-11(2)10-16-14;/h5-7,9-11,14H,4,8H2,1-3H3;/q-1;+1/t11-,14?;/m1./s1. The van der Waals surface area contributed by atoms with Crippen molar-refractivity contribution in [1.82, 2.24) is 0 Å². The number of ether oxygens (including phenoxy) is 1. The van der Waals surface area contributed by atoms with Crippen LogP contribution in [0.4, 0.5) is 5.69 Å². The first-order valence-corrected chi connectivity index (χ1v) is 7.03. The number of hydrogen-bond donors (Lipinski definition) is 0. The van der Waals surface area contributed by atoms with Gasteiger partial charge in [0, 0.05) is 24.2 Å². The smallest absolute Gasteiger partial charge is 0.542 e. The third-order valence-corrected chi connectivity index (χ3v) is 4.12. The van der Waals surface area contributed by atoms with Crippen molar-refractivity contribution in [1.29, 1.82) is 0 Å². The van der Waals surface area contributed by atoms with Crippen LogP contribution in [0.5, 0.6) is 0 Å². The van der Waals surface area contributed by atoms with Crippen LogP contribution in [0, 0.1) is 12.5 Å². The van der Waals surface area contributed by atoms with Crippen LogP contribution in [0.3, 0.4) is 0 Å². The molecule has 0 bridgehead atoms. The van der Waals surface area contributed by atoms with E-state index in [0.717, 1.165) is 13.0 Å². The largest absolute Gasteiger partial charge is 1.00 e. The Morgan fingerprint density at radius 1 is 1.50 bits per heavy atom. The van der Waals surface area contributed by atoms with Crippen LogP contribution in [-0.4, -0.2) is 19.0 Å². The van der Waals surface area contributed by atoms with Crippen LogP contribution in [0.2, 0.25) is 0 Å². The molecule has 1 aromatic rings. The molecule has 18 heavy (non-hydrogen) atoms. The molecule has 0 radical (unpaired) electrons. The molecule has 1 aliphatic heterocycles. The van der Waals surface area contributed by atoms with Crippen molar-refractivity contribution in [2.24, 2.45) is 5.92 Å². The minimum Gasteiger partial charge on any atom is -0.542 e. The summed E-state index contributed by atoms with van der Waals surface area (Å²) in [5.74, 6) is 0.578. The van der Waals surface area contributed by atoms with Gasteiger partial charge in [-0.3, -0.25) is 0 Å². The quantitative estimate of drug-likeness (QED) is 0.714. The van der Waals surface area contributed by atoms with Crippen LogP contribution in [0.1, 0.15) is 20.3 Å². The Hall–Kier alpha value is 1.38. The van der Waals surface area contributed by atoms with Crippen molar-refractivity contribution in [2.75, 3.05) is 18.5 Å². The predicted octanol–water partition coefficient (Wildman–Crippen LogP) is 0.783. The van der Waals surface area contributed by atoms with Gasteiger partial charge in [-0.25, -0.2) is 6.61 Å². The summed E-state index contributed by atoms with van der Waals surface area (Å²) in [6, 6.07) is 8.66. The fourth-order valence-corrected chi connectivity index (χ4v) is 3.01. The number of benzene rings is 1. The Morgan fingerprint density at radius 2 is 2.28 bits per heavy atom. The van der Waals surface area contributed by atoms with E-state index in [0.29, 0.717) is 5.92 Å². The molecule has 1 aliphatic rings. The van der Waals surface area contributed by atoms with Gasteiger partial charge in [0.05, 0.1) is 5.44 Å². The van der Waals surface area contributed by atoms with Gasteiger partial charge in [-0.05, 0) is 31.5 Å². The zero-order chi connectivity index (χ0) is 12.3. The second-order valence-electron chi connectivity index (χ2n) is 4.54. The number of anilines is 1. The molecule has 2 atom stereocenters. The number of rotatable bonds is 4. The average molecular weight is 383 g/mol. The fraction of sp³-hybridized carbons (Fsp3) is 0.500. The summed E-state index contributed by atoms with van der Waals surface area (Å²) < 4.78 is 5.62. The van der Waals surface area contributed by atoms with E-state index in [2.05, 4.69) is 50.1 Å². The van der Waals surface area contributed by atoms with Gasteiger partial charge < -0.3 is 9.64 Å². The van der Waals surface area contributed by atoms with Crippen LogP contribution in [0.15, 0.2) is 29.2 Å². The van der Waals surface area contributed by atoms with Gasteiger partial charge in [0.1, 0.15) is 0 Å². The second kappa shape index (κ2) is 8.62. The Kier molecular flexibility index (Phi) is 8.35. The van der Waals surface area contributed by atoms with Crippen molar-refractivity contribution in [3.05, 3.63) is 30.9 Å². The third-order valence-electron chi connectivity index (χ3n) is 3.03. The molecule has 1 heterocycles. The topological polar surface area (TPSA) is 12.5 Å². The molecule has 0 saturated carbocycles. The first kappa shape index (κ1) is 17.4. The van der Waals surface area contributed by atoms with E-state index in [1.807, 2.05) is 18.4 Å². The van der Waals surface area contributed by atoms with Crippen molar-refractivity contribution in [2.45, 2.75) is 30.6 Å². The SMILES string of the molecule is CCN(C)c1cccc(SC2C[C@@H](C)[CH-]O2)c1.[Cs+]. The molecule has 0 spiro atoms. The van der Waals surface area contributed by atoms with Gasteiger partial charge in [-0.2, -0.15) is 0 Å². The van der Waals surface area contributed by atoms with E-state index in [4.69, 9.17) is 4.74 Å². The third kappa shape index (κ3) is 5.05. The van der Waals surface area contributed by atoms with Gasteiger partial charge in [0.15, 0.2) is 0 Å². The Morgan fingerprint density at radius 3 is 2.89 bits per heavy atom. The van der Waals surface area contributed by atoms with E-state index < -0.39 is 0 Å². The van der Waals surface area contributed by atoms with Crippen molar-refractivity contribution in [3.63, 3.8) is 0 Å². The Bertz CT molecular complexity index is 375. The first-order chi connectivity index (χ1) is 8.19. The summed E-state index contributed by atoms with van der Waals surface area (Å²) >= 11 is 1.82. The Labute approximate surface area is 174 Å². The molecule has 1 aromatic carbocycles. The summed E-state index contributed by atoms with van der Waals surface area (Å²) in [7, 11) is 2.12. The zero-order valence-electron chi connectivity index (χ0n) is 11.7. The van der Waals surface area contributed by atoms with Gasteiger partial charge in [-0.1, -0.05) is 24.8 Å². The molecule has 0 N–H and O–H groups in total. The van der Waals surface area contributed by atoms with E-state index in [1.54, 1.807) is 0 Å². The van der Waals surface area contributed by atoms with E-state index in [1.165, 1.54) is 10.6 Å². The molecule has 0 amide bonds. The molecule has 94 valence electrons. The normalized spacial score (nSPS) is 22.6. The summed E-state index contributed by atoms with van der Waals surface area (Å²) in [5.41, 5.74) is 1.56. The van der Waals surface area contributed by atoms with Crippen LogP contribution in [0.25, 0.3) is 0 Å². The summed E-state index contributed by atoms with van der Waals surface area (Å²) in [6.45, 7) is 7.34. The van der Waals surface area contributed by atoms with Crippen molar-refractivity contribution in [3.8, 4) is 0 Å². The average Bonchev–Trinajstić information content (AvgIpc) is 2.74. The van der Waals surface area contributed by atoms with Gasteiger partial charge >= 0.3 is 68.9 Å². The Balaban J connectivity index is 0.00000162. The number of thioether (sulfide) groups is 1. The molecule has 2 nitrogen and oxygen atoms in total. The maximum absolute atomic E-state index is 5.62. The molecule has 1 fully saturated rings. The monoisotopic (exact) mass is 383 g/mol. The van der Waals surface area contributed by atoms with E-state index in [9.17, 15) is 0 Å². The second-order valence-corrected chi connectivity index (χ2v) is 5.78. The van der Waals surface area contributed by atoms with Crippen LogP contribution < -0.4 is 73.8 Å². The summed E-state index contributed by atoms with van der Waals surface area (Å²) in [6.07, 6.45) is 1.11. The number of hydrogen-bond acceptors (Lipinski definition) is 3. The van der Waals surface area contributed by atoms with Gasteiger partial charge in [0.2, 0.25) is 0 Å². The van der Waals surface area contributed by atoms with E-state index >= 15 is 0 Å². The fourth-order valence-electron chi connectivity index (χ4n) is 1.84. The molecule has 2 rings (SSSR count). The van der Waals surface area contributed by atoms with Crippen LogP contribution in [-0.2, 0) is 4.74 Å². The predicted molar refractivity (Wildman–Crippen MR) is 74.2 cm³/mol.